The molecular weight excluding hydrogens is 232 g/mol. The Hall–Kier alpha value is -1.13. The van der Waals surface area contributed by atoms with E-state index in [1.165, 1.54) is 19.3 Å². The number of piperidine rings is 1. The molecule has 0 aromatic heterocycles. The van der Waals surface area contributed by atoms with E-state index < -0.39 is 0 Å². The average molecular weight is 250 g/mol. The molecular formula is C13H18N2OS. The minimum Gasteiger partial charge on any atom is -0.508 e. The highest BCUT2D eigenvalue weighted by atomic mass is 32.1. The Kier molecular flexibility index (Phi) is 3.97. The average Bonchev–Trinajstić information content (AvgIpc) is 2.33. The molecule has 1 heterocycles. The Morgan fingerprint density at radius 3 is 2.29 bits per heavy atom. The van der Waals surface area contributed by atoms with E-state index in [9.17, 15) is 5.11 Å². The van der Waals surface area contributed by atoms with Crippen molar-refractivity contribution in [3.63, 3.8) is 0 Å². The zero-order chi connectivity index (χ0) is 12.3. The van der Waals surface area contributed by atoms with E-state index in [0.29, 0.717) is 4.99 Å². The van der Waals surface area contributed by atoms with Crippen LogP contribution in [0.2, 0.25) is 0 Å². The van der Waals surface area contributed by atoms with Crippen LogP contribution >= 0.6 is 12.2 Å². The topological polar surface area (TPSA) is 49.5 Å². The predicted molar refractivity (Wildman–Crippen MR) is 73.1 cm³/mol. The fourth-order valence-electron chi connectivity index (χ4n) is 2.39. The van der Waals surface area contributed by atoms with Crippen LogP contribution in [0.4, 0.5) is 0 Å². The first-order valence-corrected chi connectivity index (χ1v) is 6.41. The molecule has 0 bridgehead atoms. The van der Waals surface area contributed by atoms with Gasteiger partial charge < -0.3 is 10.8 Å². The van der Waals surface area contributed by atoms with Gasteiger partial charge in [0.15, 0.2) is 0 Å². The molecule has 2 rings (SSSR count). The van der Waals surface area contributed by atoms with Crippen LogP contribution in [-0.2, 0) is 0 Å². The molecule has 1 fully saturated rings. The van der Waals surface area contributed by atoms with Crippen LogP contribution in [0.1, 0.15) is 30.9 Å². The van der Waals surface area contributed by atoms with Crippen molar-refractivity contribution in [2.75, 3.05) is 13.1 Å². The van der Waals surface area contributed by atoms with Crippen LogP contribution in [0.25, 0.3) is 0 Å². The van der Waals surface area contributed by atoms with Crippen molar-refractivity contribution in [2.24, 2.45) is 5.73 Å². The minimum absolute atomic E-state index is 0.00546. The highest BCUT2D eigenvalue weighted by molar-refractivity contribution is 7.80. The van der Waals surface area contributed by atoms with Gasteiger partial charge >= 0.3 is 0 Å². The highest BCUT2D eigenvalue weighted by Crippen LogP contribution is 2.26. The third-order valence-corrected chi connectivity index (χ3v) is 3.46. The fourth-order valence-corrected chi connectivity index (χ4v) is 2.67. The summed E-state index contributed by atoms with van der Waals surface area (Å²) in [4.78, 5) is 2.84. The Morgan fingerprint density at radius 2 is 1.76 bits per heavy atom. The van der Waals surface area contributed by atoms with Gasteiger partial charge in [0.1, 0.15) is 5.75 Å². The maximum Gasteiger partial charge on any atom is 0.115 e. The second kappa shape index (κ2) is 5.47. The van der Waals surface area contributed by atoms with Crippen LogP contribution in [0.5, 0.6) is 5.75 Å². The third kappa shape index (κ3) is 2.96. The molecule has 3 nitrogen and oxygen atoms in total. The molecule has 92 valence electrons. The smallest absolute Gasteiger partial charge is 0.115 e. The van der Waals surface area contributed by atoms with Gasteiger partial charge in [-0.05, 0) is 43.6 Å². The van der Waals surface area contributed by atoms with E-state index in [0.717, 1.165) is 18.7 Å². The Labute approximate surface area is 107 Å². The van der Waals surface area contributed by atoms with Gasteiger partial charge in [0.25, 0.3) is 0 Å². The number of aromatic hydroxyl groups is 1. The number of thiocarbonyl (C=S) groups is 1. The molecule has 1 atom stereocenters. The number of phenols is 1. The van der Waals surface area contributed by atoms with Crippen molar-refractivity contribution < 1.29 is 5.11 Å². The van der Waals surface area contributed by atoms with Crippen molar-refractivity contribution in [1.29, 1.82) is 0 Å². The number of rotatable bonds is 3. The van der Waals surface area contributed by atoms with Crippen LogP contribution < -0.4 is 5.73 Å². The van der Waals surface area contributed by atoms with E-state index in [2.05, 4.69) is 4.90 Å². The third-order valence-electron chi connectivity index (χ3n) is 3.23. The van der Waals surface area contributed by atoms with Crippen molar-refractivity contribution in [1.82, 2.24) is 4.90 Å². The van der Waals surface area contributed by atoms with E-state index in [1.54, 1.807) is 12.1 Å². The first-order chi connectivity index (χ1) is 8.18. The number of hydrogen-bond donors (Lipinski definition) is 2. The predicted octanol–water partition coefficient (Wildman–Crippen LogP) is 2.21. The van der Waals surface area contributed by atoms with Crippen LogP contribution in [0.3, 0.4) is 0 Å². The normalized spacial score (nSPS) is 18.8. The van der Waals surface area contributed by atoms with E-state index >= 15 is 0 Å². The summed E-state index contributed by atoms with van der Waals surface area (Å²) >= 11 is 5.19. The van der Waals surface area contributed by atoms with Gasteiger partial charge in [0.2, 0.25) is 0 Å². The lowest BCUT2D eigenvalue weighted by Crippen LogP contribution is -2.40. The second-order valence-electron chi connectivity index (χ2n) is 4.49. The lowest BCUT2D eigenvalue weighted by atomic mass is 10.0. The highest BCUT2D eigenvalue weighted by Gasteiger charge is 2.24. The number of nitrogens with zero attached hydrogens (tertiary/aromatic N) is 1. The Morgan fingerprint density at radius 1 is 1.18 bits per heavy atom. The zero-order valence-electron chi connectivity index (χ0n) is 9.80. The number of phenolic OH excluding ortho intramolecular Hbond substituents is 1. The fraction of sp³-hybridized carbons (Fsp3) is 0.462. The van der Waals surface area contributed by atoms with Crippen LogP contribution in [-0.4, -0.2) is 28.1 Å². The number of benzene rings is 1. The summed E-state index contributed by atoms with van der Waals surface area (Å²) in [6, 6.07) is 7.17. The van der Waals surface area contributed by atoms with E-state index in [1.807, 2.05) is 12.1 Å². The van der Waals surface area contributed by atoms with Crippen LogP contribution in [0.15, 0.2) is 24.3 Å². The first-order valence-electron chi connectivity index (χ1n) is 6.01. The van der Waals surface area contributed by atoms with Gasteiger partial charge in [0, 0.05) is 0 Å². The molecule has 0 amide bonds. The molecule has 0 spiro atoms. The summed E-state index contributed by atoms with van der Waals surface area (Å²) in [7, 11) is 0. The molecule has 17 heavy (non-hydrogen) atoms. The lowest BCUT2D eigenvalue weighted by Gasteiger charge is -2.34. The van der Waals surface area contributed by atoms with Gasteiger partial charge in [-0.2, -0.15) is 0 Å². The monoisotopic (exact) mass is 250 g/mol. The maximum absolute atomic E-state index is 9.31. The lowest BCUT2D eigenvalue weighted by molar-refractivity contribution is 0.203. The van der Waals surface area contributed by atoms with Gasteiger partial charge in [0.05, 0.1) is 11.0 Å². The summed E-state index contributed by atoms with van der Waals surface area (Å²) in [6.07, 6.45) is 3.70. The summed E-state index contributed by atoms with van der Waals surface area (Å²) in [5.41, 5.74) is 6.93. The summed E-state index contributed by atoms with van der Waals surface area (Å²) in [5, 5.41) is 9.31. The number of nitrogens with two attached hydrogens (primary N) is 1. The Bertz CT molecular complexity index is 385. The number of hydrogen-bond acceptors (Lipinski definition) is 3. The molecule has 0 saturated carbocycles. The molecule has 1 saturated heterocycles. The molecule has 1 aliphatic heterocycles. The van der Waals surface area contributed by atoms with Crippen molar-refractivity contribution in [2.45, 2.75) is 25.3 Å². The van der Waals surface area contributed by atoms with E-state index in [4.69, 9.17) is 18.0 Å². The minimum atomic E-state index is 0.00546. The Balaban J connectivity index is 2.21. The largest absolute Gasteiger partial charge is 0.508 e. The number of likely N-dealkylation sites (tertiary alicyclic amines) is 1. The molecule has 1 aromatic carbocycles. The maximum atomic E-state index is 9.31. The van der Waals surface area contributed by atoms with Crippen molar-refractivity contribution in [3.05, 3.63) is 29.8 Å². The molecule has 4 heteroatoms. The van der Waals surface area contributed by atoms with Crippen molar-refractivity contribution >= 4 is 17.2 Å². The SMILES string of the molecule is NC(=S)C(c1ccc(O)cc1)N1CCCCC1. The quantitative estimate of drug-likeness (QED) is 0.808. The standard InChI is InChI=1S/C13H18N2OS/c14-13(17)12(15-8-2-1-3-9-15)10-4-6-11(16)7-5-10/h4-7,12,16H,1-3,8-9H2,(H2,14,17). The zero-order valence-corrected chi connectivity index (χ0v) is 10.6. The van der Waals surface area contributed by atoms with Crippen molar-refractivity contribution in [3.8, 4) is 5.75 Å². The summed E-state index contributed by atoms with van der Waals surface area (Å²) < 4.78 is 0. The molecule has 1 aliphatic rings. The molecule has 1 unspecified atom stereocenters. The van der Waals surface area contributed by atoms with Gasteiger partial charge in [-0.3, -0.25) is 4.90 Å². The molecule has 0 radical (unpaired) electrons. The summed E-state index contributed by atoms with van der Waals surface area (Å²) in [5.74, 6) is 0.272. The first kappa shape index (κ1) is 12.3. The van der Waals surface area contributed by atoms with Crippen LogP contribution in [0, 0.1) is 0 Å². The van der Waals surface area contributed by atoms with Gasteiger partial charge in [-0.1, -0.05) is 30.8 Å². The molecule has 1 aromatic rings. The molecule has 3 N–H and O–H groups in total. The molecule has 0 aliphatic carbocycles. The van der Waals surface area contributed by atoms with Gasteiger partial charge in [-0.25, -0.2) is 0 Å². The second-order valence-corrected chi connectivity index (χ2v) is 4.96. The van der Waals surface area contributed by atoms with E-state index in [-0.39, 0.29) is 11.8 Å². The summed E-state index contributed by atoms with van der Waals surface area (Å²) in [6.45, 7) is 2.09. The van der Waals surface area contributed by atoms with Gasteiger partial charge in [-0.15, -0.1) is 0 Å².